The number of halogens is 2. The number of nitrogens with one attached hydrogen (secondary N) is 1. The van der Waals surface area contributed by atoms with Crippen LogP contribution in [0.15, 0.2) is 72.8 Å². The van der Waals surface area contributed by atoms with Crippen LogP contribution < -0.4 is 10.1 Å². The highest BCUT2D eigenvalue weighted by Crippen LogP contribution is 2.35. The minimum atomic E-state index is -0.344. The number of rotatable bonds is 7. The number of methoxy groups -OCH3 is 1. The van der Waals surface area contributed by atoms with Crippen molar-refractivity contribution in [1.82, 2.24) is 20.0 Å². The van der Waals surface area contributed by atoms with E-state index in [0.29, 0.717) is 33.5 Å². The van der Waals surface area contributed by atoms with Crippen molar-refractivity contribution in [2.75, 3.05) is 13.7 Å². The van der Waals surface area contributed by atoms with Crippen molar-refractivity contribution < 1.29 is 14.3 Å². The molecule has 198 valence electrons. The number of nitrogens with zero attached hydrogens (tertiary/aromatic N) is 3. The number of carbonyl (C=O) groups excluding carboxylic acids is 2. The second-order valence-corrected chi connectivity index (χ2v) is 10.1. The van der Waals surface area contributed by atoms with Crippen LogP contribution in [0, 0.1) is 0 Å². The molecule has 1 atom stereocenters. The van der Waals surface area contributed by atoms with E-state index in [4.69, 9.17) is 33.0 Å². The van der Waals surface area contributed by atoms with Gasteiger partial charge in [-0.3, -0.25) is 9.59 Å². The zero-order chi connectivity index (χ0) is 27.5. The molecular weight excluding hydrogens is 535 g/mol. The number of hydrogen-bond acceptors (Lipinski definition) is 4. The van der Waals surface area contributed by atoms with E-state index in [9.17, 15) is 9.59 Å². The molecule has 39 heavy (non-hydrogen) atoms. The molecule has 9 heteroatoms. The van der Waals surface area contributed by atoms with Gasteiger partial charge in [0.05, 0.1) is 36.1 Å². The van der Waals surface area contributed by atoms with E-state index < -0.39 is 0 Å². The van der Waals surface area contributed by atoms with Crippen LogP contribution in [-0.2, 0) is 11.3 Å². The quantitative estimate of drug-likeness (QED) is 0.273. The van der Waals surface area contributed by atoms with E-state index >= 15 is 0 Å². The first-order chi connectivity index (χ1) is 18.9. The second kappa shape index (κ2) is 11.4. The molecule has 1 aliphatic heterocycles. The van der Waals surface area contributed by atoms with Crippen molar-refractivity contribution in [1.29, 1.82) is 0 Å². The zero-order valence-corrected chi connectivity index (χ0v) is 22.9. The van der Waals surface area contributed by atoms with Crippen LogP contribution in [0.5, 0.6) is 5.75 Å². The fourth-order valence-electron chi connectivity index (χ4n) is 4.67. The van der Waals surface area contributed by atoms with Crippen molar-refractivity contribution in [3.05, 3.63) is 111 Å². The molecule has 5 rings (SSSR count). The summed E-state index contributed by atoms with van der Waals surface area (Å²) in [6.07, 6.45) is 2.76. The highest BCUT2D eigenvalue weighted by molar-refractivity contribution is 6.35. The molecule has 2 heterocycles. The van der Waals surface area contributed by atoms with Gasteiger partial charge in [0.1, 0.15) is 5.75 Å². The number of aromatic nitrogens is 2. The molecule has 2 amide bonds. The number of carbonyl (C=O) groups is 2. The third-order valence-electron chi connectivity index (χ3n) is 6.63. The molecule has 0 fully saturated rings. The number of hydrogen-bond donors (Lipinski definition) is 1. The Morgan fingerprint density at radius 3 is 2.46 bits per heavy atom. The normalized spacial score (nSPS) is 14.6. The predicted octanol–water partition coefficient (Wildman–Crippen LogP) is 6.19. The SMILES string of the molecule is COc1ccc(/C=C2\CN(C=O)Cc3c(C(=O)NC(C)c4ccccc4)nn(-c4ccc(Cl)cc4Cl)c32)cc1. The molecule has 0 saturated carbocycles. The maximum absolute atomic E-state index is 13.6. The Bertz CT molecular complexity index is 1550. The van der Waals surface area contributed by atoms with E-state index in [1.165, 1.54) is 0 Å². The molecule has 1 aromatic heterocycles. The molecule has 0 radical (unpaired) electrons. The van der Waals surface area contributed by atoms with Crippen molar-refractivity contribution in [2.45, 2.75) is 19.5 Å². The van der Waals surface area contributed by atoms with Crippen LogP contribution >= 0.6 is 23.2 Å². The van der Waals surface area contributed by atoms with Crippen molar-refractivity contribution in [3.63, 3.8) is 0 Å². The first kappa shape index (κ1) is 26.5. The lowest BCUT2D eigenvalue weighted by atomic mass is 9.97. The molecule has 7 nitrogen and oxygen atoms in total. The van der Waals surface area contributed by atoms with Crippen LogP contribution in [0.2, 0.25) is 10.0 Å². The Morgan fingerprint density at radius 2 is 1.79 bits per heavy atom. The Morgan fingerprint density at radius 1 is 1.05 bits per heavy atom. The molecule has 0 aliphatic carbocycles. The van der Waals surface area contributed by atoms with Crippen LogP contribution in [0.25, 0.3) is 17.3 Å². The van der Waals surface area contributed by atoms with E-state index in [-0.39, 0.29) is 24.2 Å². The summed E-state index contributed by atoms with van der Waals surface area (Å²) in [5.74, 6) is 0.392. The van der Waals surface area contributed by atoms with Gasteiger partial charge in [-0.25, -0.2) is 4.68 Å². The summed E-state index contributed by atoms with van der Waals surface area (Å²) >= 11 is 12.8. The standard InChI is InChI=1S/C30H26Cl2N4O3/c1-19(21-6-4-3-5-7-21)33-30(38)28-25-17-35(18-37)16-22(14-20-8-11-24(39-2)12-9-20)29(25)36(34-28)27-13-10-23(31)15-26(27)32/h3-15,18-19H,16-17H2,1-2H3,(H,33,38)/b22-14+. The average Bonchev–Trinajstić information content (AvgIpc) is 3.33. The minimum absolute atomic E-state index is 0.228. The van der Waals surface area contributed by atoms with Crippen molar-refractivity contribution in [3.8, 4) is 11.4 Å². The molecule has 0 bridgehead atoms. The molecule has 0 saturated heterocycles. The van der Waals surface area contributed by atoms with Gasteiger partial charge in [-0.05, 0) is 60.0 Å². The van der Waals surface area contributed by atoms with E-state index in [2.05, 4.69) is 5.32 Å². The van der Waals surface area contributed by atoms with Crippen LogP contribution in [0.4, 0.5) is 0 Å². The third-order valence-corrected chi connectivity index (χ3v) is 7.17. The number of benzene rings is 3. The molecule has 1 unspecified atom stereocenters. The lowest BCUT2D eigenvalue weighted by Crippen LogP contribution is -2.32. The summed E-state index contributed by atoms with van der Waals surface area (Å²) in [4.78, 5) is 27.2. The summed E-state index contributed by atoms with van der Waals surface area (Å²) in [5.41, 5.74) is 4.83. The van der Waals surface area contributed by atoms with Gasteiger partial charge >= 0.3 is 0 Å². The van der Waals surface area contributed by atoms with Gasteiger partial charge in [-0.1, -0.05) is 65.7 Å². The Balaban J connectivity index is 1.65. The van der Waals surface area contributed by atoms with Gasteiger partial charge < -0.3 is 15.0 Å². The van der Waals surface area contributed by atoms with Crippen molar-refractivity contribution in [2.24, 2.45) is 0 Å². The van der Waals surface area contributed by atoms with E-state index in [1.54, 1.807) is 34.9 Å². The van der Waals surface area contributed by atoms with Crippen LogP contribution in [0.1, 0.15) is 45.8 Å². The molecule has 3 aromatic carbocycles. The molecule has 4 aromatic rings. The van der Waals surface area contributed by atoms with E-state index in [0.717, 1.165) is 28.9 Å². The maximum atomic E-state index is 13.6. The lowest BCUT2D eigenvalue weighted by Gasteiger charge is -2.27. The summed E-state index contributed by atoms with van der Waals surface area (Å²) < 4.78 is 6.96. The van der Waals surface area contributed by atoms with Gasteiger partial charge in [-0.15, -0.1) is 0 Å². The number of amides is 2. The predicted molar refractivity (Wildman–Crippen MR) is 153 cm³/mol. The first-order valence-electron chi connectivity index (χ1n) is 12.4. The first-order valence-corrected chi connectivity index (χ1v) is 13.1. The number of fused-ring (bicyclic) bond motifs is 1. The fourth-order valence-corrected chi connectivity index (χ4v) is 5.16. The number of ether oxygens (including phenoxy) is 1. The van der Waals surface area contributed by atoms with Gasteiger partial charge in [-0.2, -0.15) is 5.10 Å². The monoisotopic (exact) mass is 560 g/mol. The average molecular weight is 561 g/mol. The maximum Gasteiger partial charge on any atom is 0.272 e. The topological polar surface area (TPSA) is 76.5 Å². The highest BCUT2D eigenvalue weighted by Gasteiger charge is 2.32. The van der Waals surface area contributed by atoms with Gasteiger partial charge in [0.2, 0.25) is 6.41 Å². The van der Waals surface area contributed by atoms with Gasteiger partial charge in [0.15, 0.2) is 5.69 Å². The highest BCUT2D eigenvalue weighted by atomic mass is 35.5. The molecular formula is C30H26Cl2N4O3. The molecule has 1 N–H and O–H groups in total. The fraction of sp³-hybridized carbons (Fsp3) is 0.167. The second-order valence-electron chi connectivity index (χ2n) is 9.24. The van der Waals surface area contributed by atoms with Crippen LogP contribution in [-0.4, -0.2) is 40.7 Å². The smallest absolute Gasteiger partial charge is 0.272 e. The van der Waals surface area contributed by atoms with Gasteiger partial charge in [0.25, 0.3) is 5.91 Å². The Hall–Kier alpha value is -4.07. The lowest BCUT2D eigenvalue weighted by molar-refractivity contribution is -0.118. The largest absolute Gasteiger partial charge is 0.497 e. The Kier molecular flexibility index (Phi) is 7.72. The van der Waals surface area contributed by atoms with E-state index in [1.807, 2.05) is 67.6 Å². The molecule has 1 aliphatic rings. The Labute approximate surface area is 236 Å². The summed E-state index contributed by atoms with van der Waals surface area (Å²) in [5, 5.41) is 8.69. The third kappa shape index (κ3) is 5.55. The summed E-state index contributed by atoms with van der Waals surface area (Å²) in [7, 11) is 1.61. The van der Waals surface area contributed by atoms with Crippen molar-refractivity contribution >= 4 is 47.2 Å². The van der Waals surface area contributed by atoms with Gasteiger partial charge in [0, 0.05) is 17.1 Å². The minimum Gasteiger partial charge on any atom is -0.497 e. The summed E-state index contributed by atoms with van der Waals surface area (Å²) in [6.45, 7) is 2.48. The molecule has 0 spiro atoms. The van der Waals surface area contributed by atoms with Crippen LogP contribution in [0.3, 0.4) is 0 Å². The zero-order valence-electron chi connectivity index (χ0n) is 21.4. The summed E-state index contributed by atoms with van der Waals surface area (Å²) in [6, 6.07) is 22.2.